The Morgan fingerprint density at radius 2 is 2.20 bits per heavy atom. The van der Waals surface area contributed by atoms with E-state index in [1.54, 1.807) is 0 Å². The molecule has 0 aromatic heterocycles. The van der Waals surface area contributed by atoms with E-state index in [0.29, 0.717) is 6.42 Å². The van der Waals surface area contributed by atoms with Crippen LogP contribution in [0.5, 0.6) is 0 Å². The average Bonchev–Trinajstić information content (AvgIpc) is 2.92. The Kier molecular flexibility index (Phi) is 3.02. The van der Waals surface area contributed by atoms with Gasteiger partial charge in [-0.25, -0.2) is 0 Å². The van der Waals surface area contributed by atoms with Gasteiger partial charge in [0.15, 0.2) is 0 Å². The number of imide groups is 1. The maximum atomic E-state index is 11.9. The van der Waals surface area contributed by atoms with Crippen LogP contribution in [0.1, 0.15) is 26.2 Å². The lowest BCUT2D eigenvalue weighted by atomic mass is 10.3. The van der Waals surface area contributed by atoms with Crippen molar-refractivity contribution >= 4 is 23.6 Å². The van der Waals surface area contributed by atoms with Crippen LogP contribution in [0, 0.1) is 0 Å². The Labute approximate surface area is 93.6 Å². The van der Waals surface area contributed by atoms with Crippen molar-refractivity contribution in [3.8, 4) is 0 Å². The molecule has 4 nitrogen and oxygen atoms in total. The maximum Gasteiger partial charge on any atom is 0.243 e. The molecular weight excluding hydrogens is 212 g/mol. The summed E-state index contributed by atoms with van der Waals surface area (Å²) in [4.78, 5) is 24.9. The Morgan fingerprint density at radius 1 is 1.53 bits per heavy atom. The molecule has 0 bridgehead atoms. The van der Waals surface area contributed by atoms with Crippen molar-refractivity contribution in [1.29, 1.82) is 0 Å². The molecule has 1 aliphatic carbocycles. The summed E-state index contributed by atoms with van der Waals surface area (Å²) in [6.45, 7) is 1.91. The van der Waals surface area contributed by atoms with Gasteiger partial charge in [0.25, 0.3) is 0 Å². The third-order valence-corrected chi connectivity index (χ3v) is 4.10. The van der Waals surface area contributed by atoms with Crippen molar-refractivity contribution in [3.05, 3.63) is 0 Å². The molecule has 15 heavy (non-hydrogen) atoms. The Hall–Kier alpha value is -0.550. The number of likely N-dealkylation sites (tertiary alicyclic amines) is 1. The number of rotatable bonds is 4. The summed E-state index contributed by atoms with van der Waals surface area (Å²) in [6.07, 6.45) is 2.34. The second kappa shape index (κ2) is 4.14. The molecule has 5 heteroatoms. The molecule has 1 saturated carbocycles. The zero-order valence-corrected chi connectivity index (χ0v) is 9.63. The van der Waals surface area contributed by atoms with Crippen LogP contribution in [-0.4, -0.2) is 39.8 Å². The first-order chi connectivity index (χ1) is 7.09. The second-order valence-corrected chi connectivity index (χ2v) is 5.57. The SMILES string of the molecule is CC(N)CSC1CC(=O)N(C2CC2)C1=O. The maximum absolute atomic E-state index is 11.9. The number of thioether (sulfide) groups is 1. The number of carbonyl (C=O) groups is 2. The fourth-order valence-corrected chi connectivity index (χ4v) is 2.79. The van der Waals surface area contributed by atoms with E-state index < -0.39 is 0 Å². The predicted molar refractivity (Wildman–Crippen MR) is 59.4 cm³/mol. The number of amides is 2. The molecule has 2 unspecified atom stereocenters. The van der Waals surface area contributed by atoms with E-state index >= 15 is 0 Å². The first-order valence-electron chi connectivity index (χ1n) is 5.32. The average molecular weight is 228 g/mol. The van der Waals surface area contributed by atoms with Gasteiger partial charge in [-0.15, -0.1) is 11.8 Å². The molecule has 2 N–H and O–H groups in total. The highest BCUT2D eigenvalue weighted by Gasteiger charge is 2.46. The first kappa shape index (κ1) is 11.0. The lowest BCUT2D eigenvalue weighted by molar-refractivity contribution is -0.138. The Balaban J connectivity index is 1.92. The van der Waals surface area contributed by atoms with Gasteiger partial charge < -0.3 is 5.73 Å². The zero-order chi connectivity index (χ0) is 11.0. The second-order valence-electron chi connectivity index (χ2n) is 4.34. The highest BCUT2D eigenvalue weighted by molar-refractivity contribution is 8.00. The van der Waals surface area contributed by atoms with Crippen molar-refractivity contribution in [1.82, 2.24) is 4.90 Å². The number of nitrogens with zero attached hydrogens (tertiary/aromatic N) is 1. The van der Waals surface area contributed by atoms with Crippen molar-refractivity contribution in [2.75, 3.05) is 5.75 Å². The number of nitrogens with two attached hydrogens (primary N) is 1. The summed E-state index contributed by atoms with van der Waals surface area (Å²) in [5.41, 5.74) is 5.63. The van der Waals surface area contributed by atoms with Crippen LogP contribution in [0.3, 0.4) is 0 Å². The third-order valence-electron chi connectivity index (χ3n) is 2.61. The van der Waals surface area contributed by atoms with Gasteiger partial charge in [0.05, 0.1) is 5.25 Å². The van der Waals surface area contributed by atoms with E-state index in [2.05, 4.69) is 0 Å². The minimum Gasteiger partial charge on any atom is -0.327 e. The summed E-state index contributed by atoms with van der Waals surface area (Å²) < 4.78 is 0. The number of hydrogen-bond acceptors (Lipinski definition) is 4. The topological polar surface area (TPSA) is 63.4 Å². The van der Waals surface area contributed by atoms with E-state index in [4.69, 9.17) is 5.73 Å². The van der Waals surface area contributed by atoms with Gasteiger partial charge in [-0.1, -0.05) is 0 Å². The Bertz CT molecular complexity index is 289. The molecule has 2 rings (SSSR count). The summed E-state index contributed by atoms with van der Waals surface area (Å²) in [7, 11) is 0. The third kappa shape index (κ3) is 2.34. The van der Waals surface area contributed by atoms with E-state index in [9.17, 15) is 9.59 Å². The molecule has 1 aliphatic heterocycles. The molecule has 0 aromatic rings. The molecule has 2 amide bonds. The van der Waals surface area contributed by atoms with Crippen molar-refractivity contribution in [2.24, 2.45) is 5.73 Å². The van der Waals surface area contributed by atoms with Crippen LogP contribution in [-0.2, 0) is 9.59 Å². The first-order valence-corrected chi connectivity index (χ1v) is 6.37. The molecule has 2 aliphatic rings. The highest BCUT2D eigenvalue weighted by Crippen LogP contribution is 2.35. The molecule has 0 aromatic carbocycles. The van der Waals surface area contributed by atoms with Crippen LogP contribution in [0.4, 0.5) is 0 Å². The minimum absolute atomic E-state index is 0.00433. The molecule has 1 heterocycles. The molecule has 2 fully saturated rings. The monoisotopic (exact) mass is 228 g/mol. The fourth-order valence-electron chi connectivity index (χ4n) is 1.74. The van der Waals surface area contributed by atoms with Crippen molar-refractivity contribution in [3.63, 3.8) is 0 Å². The minimum atomic E-state index is -0.177. The lowest BCUT2D eigenvalue weighted by Crippen LogP contribution is -2.33. The van der Waals surface area contributed by atoms with Gasteiger partial charge in [0.1, 0.15) is 0 Å². The summed E-state index contributed by atoms with van der Waals surface area (Å²) in [5, 5.41) is -0.177. The van der Waals surface area contributed by atoms with Crippen LogP contribution in [0.15, 0.2) is 0 Å². The summed E-state index contributed by atoms with van der Waals surface area (Å²) in [6, 6.07) is 0.291. The lowest BCUT2D eigenvalue weighted by Gasteiger charge is -2.13. The van der Waals surface area contributed by atoms with Crippen molar-refractivity contribution in [2.45, 2.75) is 43.5 Å². The van der Waals surface area contributed by atoms with Gasteiger partial charge in [0.2, 0.25) is 11.8 Å². The van der Waals surface area contributed by atoms with Crippen molar-refractivity contribution < 1.29 is 9.59 Å². The standard InChI is InChI=1S/C10H16N2O2S/c1-6(11)5-15-8-4-9(13)12(10(8)14)7-2-3-7/h6-8H,2-5,11H2,1H3. The summed E-state index contributed by atoms with van der Waals surface area (Å²) in [5.74, 6) is 0.750. The van der Waals surface area contributed by atoms with E-state index in [1.807, 2.05) is 6.92 Å². The van der Waals surface area contributed by atoms with Gasteiger partial charge >= 0.3 is 0 Å². The zero-order valence-electron chi connectivity index (χ0n) is 8.81. The van der Waals surface area contributed by atoms with E-state index in [1.165, 1.54) is 16.7 Å². The summed E-state index contributed by atoms with van der Waals surface area (Å²) >= 11 is 1.52. The number of carbonyl (C=O) groups excluding carboxylic acids is 2. The number of hydrogen-bond donors (Lipinski definition) is 1. The van der Waals surface area contributed by atoms with Crippen LogP contribution in [0.2, 0.25) is 0 Å². The smallest absolute Gasteiger partial charge is 0.243 e. The van der Waals surface area contributed by atoms with Crippen LogP contribution < -0.4 is 5.73 Å². The van der Waals surface area contributed by atoms with Gasteiger partial charge in [-0.2, -0.15) is 0 Å². The quantitative estimate of drug-likeness (QED) is 0.706. The largest absolute Gasteiger partial charge is 0.327 e. The molecule has 0 radical (unpaired) electrons. The van der Waals surface area contributed by atoms with Gasteiger partial charge in [-0.05, 0) is 19.8 Å². The molecular formula is C10H16N2O2S. The molecule has 84 valence electrons. The van der Waals surface area contributed by atoms with E-state index in [0.717, 1.165) is 18.6 Å². The molecule has 2 atom stereocenters. The normalized spacial score (nSPS) is 28.7. The van der Waals surface area contributed by atoms with Gasteiger partial charge in [0, 0.05) is 24.3 Å². The van der Waals surface area contributed by atoms with Crippen LogP contribution >= 0.6 is 11.8 Å². The molecule has 1 saturated heterocycles. The highest BCUT2D eigenvalue weighted by atomic mass is 32.2. The predicted octanol–water partition coefficient (Wildman–Crippen LogP) is 0.357. The van der Waals surface area contributed by atoms with E-state index in [-0.39, 0.29) is 29.1 Å². The van der Waals surface area contributed by atoms with Crippen LogP contribution in [0.25, 0.3) is 0 Å². The fraction of sp³-hybridized carbons (Fsp3) is 0.800. The molecule has 0 spiro atoms. The van der Waals surface area contributed by atoms with Gasteiger partial charge in [-0.3, -0.25) is 14.5 Å². The Morgan fingerprint density at radius 3 is 2.73 bits per heavy atom.